The van der Waals surface area contributed by atoms with Crippen molar-refractivity contribution in [3.63, 3.8) is 0 Å². The van der Waals surface area contributed by atoms with Crippen LogP contribution in [0.3, 0.4) is 0 Å². The quantitative estimate of drug-likeness (QED) is 0.582. The van der Waals surface area contributed by atoms with E-state index < -0.39 is 18.0 Å². The fraction of sp³-hybridized carbons (Fsp3) is 0.375. The highest BCUT2D eigenvalue weighted by Gasteiger charge is 2.33. The number of nitrogens with one attached hydrogen (secondary N) is 2. The first kappa shape index (κ1) is 25.0. The van der Waals surface area contributed by atoms with Crippen LogP contribution in [0.4, 0.5) is 26.2 Å². The van der Waals surface area contributed by atoms with Crippen molar-refractivity contribution in [3.8, 4) is 0 Å². The van der Waals surface area contributed by atoms with E-state index in [0.717, 1.165) is 11.3 Å². The average Bonchev–Trinajstić information content (AvgIpc) is 3.20. The second-order valence-electron chi connectivity index (χ2n) is 8.56. The molecule has 0 aliphatic carbocycles. The fourth-order valence-electron chi connectivity index (χ4n) is 4.04. The molecule has 2 heterocycles. The molecular weight excluding hydrogens is 493 g/mol. The Morgan fingerprint density at radius 3 is 2.60 bits per heavy atom. The Morgan fingerprint density at radius 2 is 1.94 bits per heavy atom. The number of ether oxygens (including phenoxy) is 1. The van der Waals surface area contributed by atoms with Gasteiger partial charge < -0.3 is 25.2 Å². The molecule has 2 aromatic carbocycles. The van der Waals surface area contributed by atoms with Gasteiger partial charge in [0.05, 0.1) is 24.5 Å². The van der Waals surface area contributed by atoms with Crippen LogP contribution in [0, 0.1) is 12.7 Å². The Morgan fingerprint density at radius 1 is 1.20 bits per heavy atom. The highest BCUT2D eigenvalue weighted by Crippen LogP contribution is 2.29. The van der Waals surface area contributed by atoms with E-state index in [4.69, 9.17) is 28.6 Å². The minimum atomic E-state index is -0.558. The standard InChI is InChI=1S/C24H27ClFN5O3S/c1-15-3-4-17(11-20(15)25)28-23(35)30-9-7-29(8-10-30)22-6-5-18(12-21(22)26)31-14-19(34-24(31)33)13-27-16(2)32/h3-6,11-12,19H,7-10,13-14H2,1-2H3,(H,27,32)(H,28,35)/t19-/m0/s1. The van der Waals surface area contributed by atoms with Gasteiger partial charge in [-0.25, -0.2) is 9.18 Å². The van der Waals surface area contributed by atoms with Crippen molar-refractivity contribution in [3.05, 3.63) is 52.8 Å². The number of hydrogen-bond acceptors (Lipinski definition) is 5. The number of amides is 2. The lowest BCUT2D eigenvalue weighted by Gasteiger charge is -2.37. The minimum Gasteiger partial charge on any atom is -0.442 e. The normalized spacial score (nSPS) is 17.9. The zero-order valence-electron chi connectivity index (χ0n) is 19.5. The lowest BCUT2D eigenvalue weighted by atomic mass is 10.2. The maximum atomic E-state index is 15.0. The summed E-state index contributed by atoms with van der Waals surface area (Å²) in [6.45, 7) is 6.26. The number of halogens is 2. The van der Waals surface area contributed by atoms with Gasteiger partial charge in [-0.1, -0.05) is 17.7 Å². The van der Waals surface area contributed by atoms with Crippen molar-refractivity contribution in [2.45, 2.75) is 20.0 Å². The minimum absolute atomic E-state index is 0.203. The summed E-state index contributed by atoms with van der Waals surface area (Å²) in [4.78, 5) is 28.7. The number of carbonyl (C=O) groups is 2. The van der Waals surface area contributed by atoms with Crippen LogP contribution < -0.4 is 20.4 Å². The molecule has 2 aliphatic heterocycles. The zero-order chi connectivity index (χ0) is 25.1. The summed E-state index contributed by atoms with van der Waals surface area (Å²) < 4.78 is 20.3. The van der Waals surface area contributed by atoms with Crippen LogP contribution in [0.15, 0.2) is 36.4 Å². The van der Waals surface area contributed by atoms with Gasteiger partial charge in [0.2, 0.25) is 5.91 Å². The number of anilines is 3. The number of nitrogens with zero attached hydrogens (tertiary/aromatic N) is 3. The first-order valence-corrected chi connectivity index (χ1v) is 12.1. The highest BCUT2D eigenvalue weighted by atomic mass is 35.5. The summed E-state index contributed by atoms with van der Waals surface area (Å²) >= 11 is 11.7. The molecule has 0 aromatic heterocycles. The zero-order valence-corrected chi connectivity index (χ0v) is 21.1. The molecule has 0 radical (unpaired) electrons. The molecule has 186 valence electrons. The van der Waals surface area contributed by atoms with E-state index in [1.54, 1.807) is 12.1 Å². The van der Waals surface area contributed by atoms with E-state index in [1.807, 2.05) is 34.9 Å². The fourth-order valence-corrected chi connectivity index (χ4v) is 4.52. The van der Waals surface area contributed by atoms with Crippen LogP contribution in [0.5, 0.6) is 0 Å². The largest absolute Gasteiger partial charge is 0.442 e. The van der Waals surface area contributed by atoms with Crippen LogP contribution >= 0.6 is 23.8 Å². The maximum absolute atomic E-state index is 15.0. The summed E-state index contributed by atoms with van der Waals surface area (Å²) in [6.07, 6.45) is -1.03. The third-order valence-electron chi connectivity index (χ3n) is 6.03. The van der Waals surface area contributed by atoms with Crippen LogP contribution in [0.25, 0.3) is 0 Å². The Bertz CT molecular complexity index is 1140. The molecule has 0 spiro atoms. The van der Waals surface area contributed by atoms with Gasteiger partial charge in [0.1, 0.15) is 11.9 Å². The third-order valence-corrected chi connectivity index (χ3v) is 6.79. The molecule has 11 heteroatoms. The number of piperazine rings is 1. The molecular formula is C24H27ClFN5O3S. The predicted molar refractivity (Wildman–Crippen MR) is 139 cm³/mol. The lowest BCUT2D eigenvalue weighted by Crippen LogP contribution is -2.50. The predicted octanol–water partition coefficient (Wildman–Crippen LogP) is 3.77. The van der Waals surface area contributed by atoms with E-state index in [-0.39, 0.29) is 19.0 Å². The molecule has 2 aliphatic rings. The van der Waals surface area contributed by atoms with Crippen molar-refractivity contribution < 1.29 is 18.7 Å². The van der Waals surface area contributed by atoms with E-state index in [2.05, 4.69) is 10.6 Å². The Hall–Kier alpha value is -3.11. The number of benzene rings is 2. The summed E-state index contributed by atoms with van der Waals surface area (Å²) in [6, 6.07) is 10.4. The average molecular weight is 520 g/mol. The van der Waals surface area contributed by atoms with E-state index in [9.17, 15) is 9.59 Å². The number of thiocarbonyl (C=S) groups is 1. The highest BCUT2D eigenvalue weighted by molar-refractivity contribution is 7.80. The van der Waals surface area contributed by atoms with Gasteiger partial charge in [0.15, 0.2) is 5.11 Å². The molecule has 35 heavy (non-hydrogen) atoms. The maximum Gasteiger partial charge on any atom is 0.414 e. The van der Waals surface area contributed by atoms with Crippen molar-refractivity contribution in [2.75, 3.05) is 54.4 Å². The van der Waals surface area contributed by atoms with Crippen molar-refractivity contribution in [1.82, 2.24) is 10.2 Å². The van der Waals surface area contributed by atoms with Gasteiger partial charge in [-0.3, -0.25) is 9.69 Å². The first-order valence-electron chi connectivity index (χ1n) is 11.3. The number of rotatable bonds is 5. The van der Waals surface area contributed by atoms with Crippen molar-refractivity contribution >= 4 is 58.0 Å². The second-order valence-corrected chi connectivity index (χ2v) is 9.35. The molecule has 8 nitrogen and oxygen atoms in total. The molecule has 0 unspecified atom stereocenters. The molecule has 2 aromatic rings. The van der Waals surface area contributed by atoms with Gasteiger partial charge in [0.25, 0.3) is 0 Å². The number of carbonyl (C=O) groups excluding carboxylic acids is 2. The monoisotopic (exact) mass is 519 g/mol. The molecule has 0 bridgehead atoms. The van der Waals surface area contributed by atoms with Gasteiger partial charge >= 0.3 is 6.09 Å². The third kappa shape index (κ3) is 5.94. The summed E-state index contributed by atoms with van der Waals surface area (Å²) in [7, 11) is 0. The lowest BCUT2D eigenvalue weighted by molar-refractivity contribution is -0.119. The van der Waals surface area contributed by atoms with E-state index >= 15 is 4.39 Å². The van der Waals surface area contributed by atoms with E-state index in [1.165, 1.54) is 17.9 Å². The summed E-state index contributed by atoms with van der Waals surface area (Å²) in [5, 5.41) is 7.11. The first-order chi connectivity index (χ1) is 16.7. The van der Waals surface area contributed by atoms with Crippen LogP contribution in [-0.4, -0.2) is 67.4 Å². The number of aryl methyl sites for hydroxylation is 1. The molecule has 2 amide bonds. The van der Waals surface area contributed by atoms with Gasteiger partial charge in [0, 0.05) is 43.8 Å². The molecule has 2 N–H and O–H groups in total. The molecule has 2 saturated heterocycles. The van der Waals surface area contributed by atoms with Crippen LogP contribution in [0.1, 0.15) is 12.5 Å². The Labute approximate surface area is 213 Å². The van der Waals surface area contributed by atoms with Gasteiger partial charge in [-0.15, -0.1) is 0 Å². The Kier molecular flexibility index (Phi) is 7.61. The summed E-state index contributed by atoms with van der Waals surface area (Å²) in [5.41, 5.74) is 2.72. The SMILES string of the molecule is CC(=O)NC[C@H]1CN(c2ccc(N3CCN(C(=S)Nc4ccc(C)c(Cl)c4)CC3)c(F)c2)C(=O)O1. The second kappa shape index (κ2) is 10.7. The topological polar surface area (TPSA) is 77.2 Å². The Balaban J connectivity index is 1.33. The van der Waals surface area contributed by atoms with Crippen LogP contribution in [-0.2, 0) is 9.53 Å². The molecule has 1 atom stereocenters. The van der Waals surface area contributed by atoms with Crippen LogP contribution in [0.2, 0.25) is 5.02 Å². The number of cyclic esters (lactones) is 1. The molecule has 2 fully saturated rings. The van der Waals surface area contributed by atoms with Gasteiger partial charge in [-0.2, -0.15) is 0 Å². The number of hydrogen-bond donors (Lipinski definition) is 2. The van der Waals surface area contributed by atoms with E-state index in [0.29, 0.717) is 47.7 Å². The molecule has 4 rings (SSSR count). The smallest absolute Gasteiger partial charge is 0.414 e. The molecule has 0 saturated carbocycles. The van der Waals surface area contributed by atoms with Crippen molar-refractivity contribution in [1.29, 1.82) is 0 Å². The van der Waals surface area contributed by atoms with Gasteiger partial charge in [-0.05, 0) is 55.0 Å². The van der Waals surface area contributed by atoms with Crippen molar-refractivity contribution in [2.24, 2.45) is 0 Å². The summed E-state index contributed by atoms with van der Waals surface area (Å²) in [5.74, 6) is -0.616.